The maximum Gasteiger partial charge on any atom is 0.320 e. The molecule has 0 spiro atoms. The minimum Gasteiger partial charge on any atom is -0.395 e. The Labute approximate surface area is 85.5 Å². The average molecular weight is 200 g/mol. The number of carbonyl (C=O) groups excluding carboxylic acids is 1. The first-order valence-corrected chi connectivity index (χ1v) is 5.14. The molecule has 82 valence electrons. The van der Waals surface area contributed by atoms with Crippen molar-refractivity contribution in [3.05, 3.63) is 0 Å². The number of hydrogen-bond donors (Lipinski definition) is 1. The Bertz CT molecular complexity index is 209. The minimum atomic E-state index is -0.120. The zero-order valence-corrected chi connectivity index (χ0v) is 9.29. The summed E-state index contributed by atoms with van der Waals surface area (Å²) in [6.45, 7) is 8.19. The first-order chi connectivity index (χ1) is 6.46. The van der Waals surface area contributed by atoms with E-state index in [9.17, 15) is 4.79 Å². The fourth-order valence-electron chi connectivity index (χ4n) is 1.73. The molecule has 0 aliphatic carbocycles. The Hall–Kier alpha value is -0.770. The van der Waals surface area contributed by atoms with E-state index in [2.05, 4.69) is 0 Å². The van der Waals surface area contributed by atoms with Crippen molar-refractivity contribution in [1.82, 2.24) is 9.80 Å². The summed E-state index contributed by atoms with van der Waals surface area (Å²) in [5.74, 6) is 0. The summed E-state index contributed by atoms with van der Waals surface area (Å²) < 4.78 is 0. The SMILES string of the molecule is CC(C)(C)N1CCCN(CCO)C1=O. The lowest BCUT2D eigenvalue weighted by Crippen LogP contribution is -2.56. The molecule has 0 aromatic carbocycles. The third-order valence-corrected chi connectivity index (χ3v) is 2.49. The quantitative estimate of drug-likeness (QED) is 0.720. The van der Waals surface area contributed by atoms with Crippen LogP contribution >= 0.6 is 0 Å². The van der Waals surface area contributed by atoms with Crippen molar-refractivity contribution in [2.75, 3.05) is 26.2 Å². The number of β-amino-alcohol motifs (C(OH)–C–C–N with tert-alkyl or cyclic N) is 1. The maximum absolute atomic E-state index is 11.9. The molecule has 1 heterocycles. The van der Waals surface area contributed by atoms with Crippen LogP contribution in [0, 0.1) is 0 Å². The minimum absolute atomic E-state index is 0.0454. The van der Waals surface area contributed by atoms with E-state index in [1.54, 1.807) is 4.90 Å². The molecule has 4 nitrogen and oxygen atoms in total. The van der Waals surface area contributed by atoms with Gasteiger partial charge in [-0.3, -0.25) is 0 Å². The lowest BCUT2D eigenvalue weighted by Gasteiger charge is -2.43. The van der Waals surface area contributed by atoms with Gasteiger partial charge in [0.25, 0.3) is 0 Å². The fourth-order valence-corrected chi connectivity index (χ4v) is 1.73. The molecule has 0 saturated carbocycles. The monoisotopic (exact) mass is 200 g/mol. The lowest BCUT2D eigenvalue weighted by atomic mass is 10.0. The Kier molecular flexibility index (Phi) is 3.37. The van der Waals surface area contributed by atoms with Crippen molar-refractivity contribution in [2.24, 2.45) is 0 Å². The second kappa shape index (κ2) is 4.17. The molecule has 1 fully saturated rings. The van der Waals surface area contributed by atoms with Crippen molar-refractivity contribution in [3.8, 4) is 0 Å². The van der Waals surface area contributed by atoms with Crippen molar-refractivity contribution in [1.29, 1.82) is 0 Å². The molecule has 0 atom stereocenters. The van der Waals surface area contributed by atoms with E-state index in [1.165, 1.54) is 0 Å². The summed E-state index contributed by atoms with van der Waals surface area (Å²) >= 11 is 0. The topological polar surface area (TPSA) is 43.8 Å². The van der Waals surface area contributed by atoms with E-state index >= 15 is 0 Å². The van der Waals surface area contributed by atoms with Crippen molar-refractivity contribution in [2.45, 2.75) is 32.7 Å². The van der Waals surface area contributed by atoms with Crippen LogP contribution in [0.5, 0.6) is 0 Å². The van der Waals surface area contributed by atoms with Gasteiger partial charge in [-0.05, 0) is 27.2 Å². The van der Waals surface area contributed by atoms with Gasteiger partial charge in [0, 0.05) is 25.2 Å². The third-order valence-electron chi connectivity index (χ3n) is 2.49. The number of aliphatic hydroxyl groups excluding tert-OH is 1. The number of hydrogen-bond acceptors (Lipinski definition) is 2. The van der Waals surface area contributed by atoms with E-state index in [0.717, 1.165) is 19.5 Å². The van der Waals surface area contributed by atoms with Crippen LogP contribution in [-0.4, -0.2) is 52.7 Å². The number of rotatable bonds is 2. The third kappa shape index (κ3) is 2.38. The Morgan fingerprint density at radius 2 is 2.00 bits per heavy atom. The maximum atomic E-state index is 11.9. The second-order valence-electron chi connectivity index (χ2n) is 4.67. The van der Waals surface area contributed by atoms with E-state index in [0.29, 0.717) is 6.54 Å². The van der Waals surface area contributed by atoms with Crippen LogP contribution < -0.4 is 0 Å². The predicted octanol–water partition coefficient (Wildman–Crippen LogP) is 0.905. The molecule has 0 aromatic rings. The zero-order chi connectivity index (χ0) is 10.8. The normalized spacial score (nSPS) is 19.0. The van der Waals surface area contributed by atoms with Crippen LogP contribution in [-0.2, 0) is 0 Å². The highest BCUT2D eigenvalue weighted by molar-refractivity contribution is 5.76. The first-order valence-electron chi connectivity index (χ1n) is 5.14. The molecule has 0 radical (unpaired) electrons. The molecule has 1 rings (SSSR count). The predicted molar refractivity (Wildman–Crippen MR) is 55.1 cm³/mol. The summed E-state index contributed by atoms with van der Waals surface area (Å²) in [7, 11) is 0. The van der Waals surface area contributed by atoms with Crippen molar-refractivity contribution < 1.29 is 9.90 Å². The van der Waals surface area contributed by atoms with Gasteiger partial charge >= 0.3 is 6.03 Å². The average Bonchev–Trinajstić information content (AvgIpc) is 2.07. The first kappa shape index (κ1) is 11.3. The second-order valence-corrected chi connectivity index (χ2v) is 4.67. The van der Waals surface area contributed by atoms with E-state index in [1.807, 2.05) is 25.7 Å². The van der Waals surface area contributed by atoms with Gasteiger partial charge in [0.15, 0.2) is 0 Å². The van der Waals surface area contributed by atoms with Crippen molar-refractivity contribution >= 4 is 6.03 Å². The van der Waals surface area contributed by atoms with Gasteiger partial charge in [-0.25, -0.2) is 4.79 Å². The molecule has 0 bridgehead atoms. The van der Waals surface area contributed by atoms with E-state index in [4.69, 9.17) is 5.11 Å². The Morgan fingerprint density at radius 3 is 2.50 bits per heavy atom. The highest BCUT2D eigenvalue weighted by Gasteiger charge is 2.32. The molecular weight excluding hydrogens is 180 g/mol. The van der Waals surface area contributed by atoms with Gasteiger partial charge in [0.2, 0.25) is 0 Å². The highest BCUT2D eigenvalue weighted by Crippen LogP contribution is 2.19. The number of amides is 2. The molecule has 2 amide bonds. The lowest BCUT2D eigenvalue weighted by molar-refractivity contribution is 0.0775. The summed E-state index contributed by atoms with van der Waals surface area (Å²) in [5, 5.41) is 8.81. The molecular formula is C10H20N2O2. The summed E-state index contributed by atoms with van der Waals surface area (Å²) in [5.41, 5.74) is -0.120. The summed E-state index contributed by atoms with van der Waals surface area (Å²) in [6.07, 6.45) is 0.989. The van der Waals surface area contributed by atoms with Crippen molar-refractivity contribution in [3.63, 3.8) is 0 Å². The van der Waals surface area contributed by atoms with Gasteiger partial charge < -0.3 is 14.9 Å². The molecule has 1 aliphatic rings. The number of aliphatic hydroxyl groups is 1. The Balaban J connectivity index is 2.66. The van der Waals surface area contributed by atoms with Crippen LogP contribution in [0.4, 0.5) is 4.79 Å². The molecule has 14 heavy (non-hydrogen) atoms. The van der Waals surface area contributed by atoms with Crippen LogP contribution in [0.2, 0.25) is 0 Å². The van der Waals surface area contributed by atoms with Crippen LogP contribution in [0.3, 0.4) is 0 Å². The van der Waals surface area contributed by atoms with Gasteiger partial charge in [-0.1, -0.05) is 0 Å². The van der Waals surface area contributed by atoms with Gasteiger partial charge in [-0.15, -0.1) is 0 Å². The zero-order valence-electron chi connectivity index (χ0n) is 9.29. The van der Waals surface area contributed by atoms with E-state index < -0.39 is 0 Å². The molecule has 4 heteroatoms. The summed E-state index contributed by atoms with van der Waals surface area (Å²) in [6, 6.07) is 0.0535. The summed E-state index contributed by atoms with van der Waals surface area (Å²) in [4.78, 5) is 15.5. The molecule has 0 unspecified atom stereocenters. The van der Waals surface area contributed by atoms with Gasteiger partial charge in [0.05, 0.1) is 6.61 Å². The molecule has 0 aromatic heterocycles. The van der Waals surface area contributed by atoms with Gasteiger partial charge in [0.1, 0.15) is 0 Å². The number of nitrogens with zero attached hydrogens (tertiary/aromatic N) is 2. The van der Waals surface area contributed by atoms with E-state index in [-0.39, 0.29) is 18.2 Å². The van der Waals surface area contributed by atoms with Crippen LogP contribution in [0.1, 0.15) is 27.2 Å². The molecule has 1 aliphatic heterocycles. The van der Waals surface area contributed by atoms with Gasteiger partial charge in [-0.2, -0.15) is 0 Å². The van der Waals surface area contributed by atoms with Crippen LogP contribution in [0.15, 0.2) is 0 Å². The molecule has 1 N–H and O–H groups in total. The van der Waals surface area contributed by atoms with Crippen LogP contribution in [0.25, 0.3) is 0 Å². The number of urea groups is 1. The number of carbonyl (C=O) groups is 1. The standard InChI is InChI=1S/C10H20N2O2/c1-10(2,3)12-6-4-5-11(7-8-13)9(12)14/h13H,4-8H2,1-3H3. The fraction of sp³-hybridized carbons (Fsp3) is 0.900. The largest absolute Gasteiger partial charge is 0.395 e. The molecule has 1 saturated heterocycles. The Morgan fingerprint density at radius 1 is 1.36 bits per heavy atom. The highest BCUT2D eigenvalue weighted by atomic mass is 16.3. The smallest absolute Gasteiger partial charge is 0.320 e.